The van der Waals surface area contributed by atoms with Crippen LogP contribution in [0.1, 0.15) is 22.5 Å². The van der Waals surface area contributed by atoms with Crippen LogP contribution in [0.3, 0.4) is 0 Å². The van der Waals surface area contributed by atoms with E-state index in [1.54, 1.807) is 12.1 Å². The van der Waals surface area contributed by atoms with Crippen molar-refractivity contribution in [2.45, 2.75) is 18.9 Å². The van der Waals surface area contributed by atoms with Crippen LogP contribution in [-0.2, 0) is 4.79 Å². The van der Waals surface area contributed by atoms with Crippen LogP contribution in [0, 0.1) is 5.82 Å². The molecular weight excluding hydrogens is 413 g/mol. The van der Waals surface area contributed by atoms with E-state index in [4.69, 9.17) is 0 Å². The molecule has 2 N–H and O–H groups in total. The molecule has 160 valence electrons. The quantitative estimate of drug-likeness (QED) is 0.601. The summed E-state index contributed by atoms with van der Waals surface area (Å²) in [6, 6.07) is 19.5. The zero-order valence-corrected chi connectivity index (χ0v) is 17.8. The van der Waals surface area contributed by atoms with Gasteiger partial charge in [0.15, 0.2) is 0 Å². The van der Waals surface area contributed by atoms with Gasteiger partial charge in [-0.1, -0.05) is 30.3 Å². The van der Waals surface area contributed by atoms with E-state index in [2.05, 4.69) is 15.5 Å². The number of piperidine rings is 1. The van der Waals surface area contributed by atoms with E-state index in [0.717, 1.165) is 42.1 Å². The second-order valence-electron chi connectivity index (χ2n) is 7.61. The fourth-order valence-corrected chi connectivity index (χ4v) is 4.56. The van der Waals surface area contributed by atoms with Crippen LogP contribution in [0.15, 0.2) is 66.7 Å². The van der Waals surface area contributed by atoms with Crippen molar-refractivity contribution >= 4 is 28.8 Å². The van der Waals surface area contributed by atoms with Gasteiger partial charge in [-0.15, -0.1) is 11.3 Å². The summed E-state index contributed by atoms with van der Waals surface area (Å²) < 4.78 is 13.1. The molecule has 1 aliphatic heterocycles. The first kappa shape index (κ1) is 21.2. The van der Waals surface area contributed by atoms with Crippen LogP contribution in [-0.4, -0.2) is 42.4 Å². The van der Waals surface area contributed by atoms with E-state index >= 15 is 0 Å². The number of amides is 2. The Hall–Kier alpha value is -3.03. The molecule has 1 aliphatic rings. The number of thiophene rings is 1. The van der Waals surface area contributed by atoms with E-state index in [1.165, 1.54) is 23.5 Å². The minimum Gasteiger partial charge on any atom is -0.349 e. The van der Waals surface area contributed by atoms with E-state index in [-0.39, 0.29) is 23.7 Å². The topological polar surface area (TPSA) is 61.4 Å². The highest BCUT2D eigenvalue weighted by molar-refractivity contribution is 7.17. The zero-order valence-electron chi connectivity index (χ0n) is 17.0. The SMILES string of the molecule is O=C(CN1CCC(NC(=O)c2ccc(-c3ccc(F)cc3)s2)CC1)Nc1ccccc1. The summed E-state index contributed by atoms with van der Waals surface area (Å²) in [4.78, 5) is 28.5. The van der Waals surface area contributed by atoms with Crippen molar-refractivity contribution in [2.24, 2.45) is 0 Å². The normalized spacial score (nSPS) is 14.9. The first-order valence-corrected chi connectivity index (χ1v) is 11.1. The Balaban J connectivity index is 1.24. The van der Waals surface area contributed by atoms with E-state index in [9.17, 15) is 14.0 Å². The van der Waals surface area contributed by atoms with E-state index < -0.39 is 0 Å². The third kappa shape index (κ3) is 5.77. The van der Waals surface area contributed by atoms with Gasteiger partial charge < -0.3 is 10.6 Å². The highest BCUT2D eigenvalue weighted by Crippen LogP contribution is 2.28. The molecule has 0 aliphatic carbocycles. The predicted octanol–water partition coefficient (Wildman–Crippen LogP) is 4.39. The van der Waals surface area contributed by atoms with Gasteiger partial charge in [0, 0.05) is 29.7 Å². The smallest absolute Gasteiger partial charge is 0.261 e. The van der Waals surface area contributed by atoms with Gasteiger partial charge in [0.05, 0.1) is 11.4 Å². The molecule has 2 amide bonds. The fourth-order valence-electron chi connectivity index (χ4n) is 3.65. The molecular formula is C24H24FN3O2S. The summed E-state index contributed by atoms with van der Waals surface area (Å²) in [7, 11) is 0. The lowest BCUT2D eigenvalue weighted by molar-refractivity contribution is -0.117. The number of hydrogen-bond donors (Lipinski definition) is 2. The molecule has 31 heavy (non-hydrogen) atoms. The first-order valence-electron chi connectivity index (χ1n) is 10.3. The third-order valence-electron chi connectivity index (χ3n) is 5.31. The summed E-state index contributed by atoms with van der Waals surface area (Å²) in [5, 5.41) is 6.01. The number of nitrogens with zero attached hydrogens (tertiary/aromatic N) is 1. The van der Waals surface area contributed by atoms with Crippen molar-refractivity contribution in [3.05, 3.63) is 77.4 Å². The molecule has 0 saturated carbocycles. The van der Waals surface area contributed by atoms with Crippen molar-refractivity contribution in [3.63, 3.8) is 0 Å². The molecule has 5 nitrogen and oxygen atoms in total. The molecule has 3 aromatic rings. The maximum absolute atomic E-state index is 13.1. The average molecular weight is 438 g/mol. The monoisotopic (exact) mass is 437 g/mol. The van der Waals surface area contributed by atoms with Gasteiger partial charge in [0.25, 0.3) is 5.91 Å². The van der Waals surface area contributed by atoms with Gasteiger partial charge in [-0.2, -0.15) is 0 Å². The average Bonchev–Trinajstić information content (AvgIpc) is 3.27. The van der Waals surface area contributed by atoms with Crippen LogP contribution < -0.4 is 10.6 Å². The molecule has 1 saturated heterocycles. The van der Waals surface area contributed by atoms with Crippen LogP contribution in [0.2, 0.25) is 0 Å². The Kier molecular flexibility index (Phi) is 6.74. The molecule has 0 spiro atoms. The molecule has 0 unspecified atom stereocenters. The van der Waals surface area contributed by atoms with Crippen molar-refractivity contribution in [2.75, 3.05) is 25.0 Å². The summed E-state index contributed by atoms with van der Waals surface area (Å²) in [5.74, 6) is -0.388. The second kappa shape index (κ2) is 9.85. The number of hydrogen-bond acceptors (Lipinski definition) is 4. The van der Waals surface area contributed by atoms with Gasteiger partial charge in [-0.3, -0.25) is 14.5 Å². The summed E-state index contributed by atoms with van der Waals surface area (Å²) in [6.07, 6.45) is 1.61. The Morgan fingerprint density at radius 2 is 1.68 bits per heavy atom. The van der Waals surface area contributed by atoms with Gasteiger partial charge >= 0.3 is 0 Å². The number of halogens is 1. The summed E-state index contributed by atoms with van der Waals surface area (Å²) in [6.45, 7) is 1.87. The summed E-state index contributed by atoms with van der Waals surface area (Å²) in [5.41, 5.74) is 1.69. The Bertz CT molecular complexity index is 1030. The number of likely N-dealkylation sites (tertiary alicyclic amines) is 1. The Morgan fingerprint density at radius 3 is 2.39 bits per heavy atom. The molecule has 0 radical (unpaired) electrons. The molecule has 7 heteroatoms. The van der Waals surface area contributed by atoms with Gasteiger partial charge in [-0.25, -0.2) is 4.39 Å². The lowest BCUT2D eigenvalue weighted by atomic mass is 10.0. The highest BCUT2D eigenvalue weighted by Gasteiger charge is 2.23. The number of benzene rings is 2. The second-order valence-corrected chi connectivity index (χ2v) is 8.69. The molecule has 1 aromatic heterocycles. The first-order chi connectivity index (χ1) is 15.1. The van der Waals surface area contributed by atoms with Gasteiger partial charge in [-0.05, 0) is 54.8 Å². The minimum absolute atomic E-state index is 0.0272. The number of anilines is 1. The molecule has 0 atom stereocenters. The van der Waals surface area contributed by atoms with Crippen molar-refractivity contribution in [1.82, 2.24) is 10.2 Å². The van der Waals surface area contributed by atoms with Crippen molar-refractivity contribution in [1.29, 1.82) is 0 Å². The lowest BCUT2D eigenvalue weighted by Gasteiger charge is -2.31. The summed E-state index contributed by atoms with van der Waals surface area (Å²) >= 11 is 1.40. The maximum atomic E-state index is 13.1. The maximum Gasteiger partial charge on any atom is 0.261 e. The standard InChI is InChI=1S/C24H24FN3O2S/c25-18-8-6-17(7-9-18)21-10-11-22(31-21)24(30)27-20-12-14-28(15-13-20)16-23(29)26-19-4-2-1-3-5-19/h1-11,20H,12-16H2,(H,26,29)(H,27,30). The number of carbonyl (C=O) groups excluding carboxylic acids is 2. The van der Waals surface area contributed by atoms with E-state index in [0.29, 0.717) is 11.4 Å². The Morgan fingerprint density at radius 1 is 0.968 bits per heavy atom. The van der Waals surface area contributed by atoms with Crippen LogP contribution in [0.4, 0.5) is 10.1 Å². The van der Waals surface area contributed by atoms with Crippen LogP contribution in [0.5, 0.6) is 0 Å². The van der Waals surface area contributed by atoms with Crippen molar-refractivity contribution in [3.8, 4) is 10.4 Å². The third-order valence-corrected chi connectivity index (χ3v) is 6.44. The zero-order chi connectivity index (χ0) is 21.6. The number of para-hydroxylation sites is 1. The lowest BCUT2D eigenvalue weighted by Crippen LogP contribution is -2.46. The predicted molar refractivity (Wildman–Crippen MR) is 122 cm³/mol. The van der Waals surface area contributed by atoms with Gasteiger partial charge in [0.1, 0.15) is 5.82 Å². The van der Waals surface area contributed by atoms with Gasteiger partial charge in [0.2, 0.25) is 5.91 Å². The molecule has 1 fully saturated rings. The number of rotatable bonds is 6. The number of nitrogens with one attached hydrogen (secondary N) is 2. The van der Waals surface area contributed by atoms with Crippen LogP contribution >= 0.6 is 11.3 Å². The number of carbonyl (C=O) groups is 2. The molecule has 2 heterocycles. The minimum atomic E-state index is -0.276. The fraction of sp³-hybridized carbons (Fsp3) is 0.250. The largest absolute Gasteiger partial charge is 0.349 e. The van der Waals surface area contributed by atoms with Crippen LogP contribution in [0.25, 0.3) is 10.4 Å². The Labute approximate surface area is 184 Å². The molecule has 0 bridgehead atoms. The molecule has 4 rings (SSSR count). The highest BCUT2D eigenvalue weighted by atomic mass is 32.1. The van der Waals surface area contributed by atoms with Crippen molar-refractivity contribution < 1.29 is 14.0 Å². The van der Waals surface area contributed by atoms with E-state index in [1.807, 2.05) is 42.5 Å². The molecule has 2 aromatic carbocycles.